The molecule has 0 saturated carbocycles. The van der Waals surface area contributed by atoms with Crippen molar-refractivity contribution < 1.29 is 0 Å². The van der Waals surface area contributed by atoms with Crippen LogP contribution in [0.15, 0.2) is 22.4 Å². The number of thiophene rings is 1. The lowest BCUT2D eigenvalue weighted by Crippen LogP contribution is -2.31. The molecule has 0 aromatic carbocycles. The summed E-state index contributed by atoms with van der Waals surface area (Å²) in [6, 6.07) is 4.37. The molecule has 3 heteroatoms. The molecule has 0 bridgehead atoms. The molecule has 1 aliphatic heterocycles. The largest absolute Gasteiger partial charge is 0.302 e. The third-order valence-electron chi connectivity index (χ3n) is 2.95. The Morgan fingerprint density at radius 2 is 2.25 bits per heavy atom. The Hall–Kier alpha value is -1.11. The SMILES string of the molecule is N#CCCN1CCC(=Cc2ccsc2)CC1. The summed E-state index contributed by atoms with van der Waals surface area (Å²) in [5.41, 5.74) is 2.89. The number of nitrogens with zero attached hydrogens (tertiary/aromatic N) is 2. The number of hydrogen-bond donors (Lipinski definition) is 0. The lowest BCUT2D eigenvalue weighted by Gasteiger charge is -2.27. The molecule has 2 nitrogen and oxygen atoms in total. The molecule has 1 saturated heterocycles. The molecule has 0 N–H and O–H groups in total. The van der Waals surface area contributed by atoms with Crippen molar-refractivity contribution >= 4 is 17.4 Å². The van der Waals surface area contributed by atoms with Gasteiger partial charge in [0.25, 0.3) is 0 Å². The summed E-state index contributed by atoms with van der Waals surface area (Å²) in [6.45, 7) is 3.15. The third-order valence-corrected chi connectivity index (χ3v) is 3.65. The summed E-state index contributed by atoms with van der Waals surface area (Å²) in [6.07, 6.45) is 5.28. The summed E-state index contributed by atoms with van der Waals surface area (Å²) < 4.78 is 0. The maximum Gasteiger partial charge on any atom is 0.0635 e. The number of hydrogen-bond acceptors (Lipinski definition) is 3. The highest BCUT2D eigenvalue weighted by Crippen LogP contribution is 2.20. The molecule has 0 amide bonds. The number of nitriles is 1. The van der Waals surface area contributed by atoms with Crippen molar-refractivity contribution in [3.05, 3.63) is 28.0 Å². The van der Waals surface area contributed by atoms with Crippen molar-refractivity contribution in [2.75, 3.05) is 19.6 Å². The molecule has 2 heterocycles. The van der Waals surface area contributed by atoms with E-state index in [1.54, 1.807) is 16.9 Å². The maximum atomic E-state index is 8.53. The number of likely N-dealkylation sites (tertiary alicyclic amines) is 1. The van der Waals surface area contributed by atoms with Crippen molar-refractivity contribution in [1.29, 1.82) is 5.26 Å². The van der Waals surface area contributed by atoms with Crippen molar-refractivity contribution in [2.24, 2.45) is 0 Å². The van der Waals surface area contributed by atoms with E-state index in [1.807, 2.05) is 0 Å². The van der Waals surface area contributed by atoms with Crippen molar-refractivity contribution in [1.82, 2.24) is 4.90 Å². The fraction of sp³-hybridized carbons (Fsp3) is 0.462. The van der Waals surface area contributed by atoms with Gasteiger partial charge in [-0.05, 0) is 35.2 Å². The van der Waals surface area contributed by atoms with Crippen molar-refractivity contribution in [3.8, 4) is 6.07 Å². The highest BCUT2D eigenvalue weighted by molar-refractivity contribution is 7.08. The summed E-state index contributed by atoms with van der Waals surface area (Å²) in [4.78, 5) is 2.38. The van der Waals surface area contributed by atoms with E-state index in [1.165, 1.54) is 5.56 Å². The van der Waals surface area contributed by atoms with Gasteiger partial charge in [0.15, 0.2) is 0 Å². The van der Waals surface area contributed by atoms with Crippen LogP contribution in [0.1, 0.15) is 24.8 Å². The van der Waals surface area contributed by atoms with Gasteiger partial charge in [-0.25, -0.2) is 0 Å². The Morgan fingerprint density at radius 1 is 1.44 bits per heavy atom. The van der Waals surface area contributed by atoms with E-state index in [9.17, 15) is 0 Å². The lowest BCUT2D eigenvalue weighted by atomic mass is 10.0. The summed E-state index contributed by atoms with van der Waals surface area (Å²) in [7, 11) is 0. The summed E-state index contributed by atoms with van der Waals surface area (Å²) in [5, 5.41) is 12.8. The Kier molecular flexibility index (Phi) is 4.15. The fourth-order valence-electron chi connectivity index (χ4n) is 2.01. The Bertz CT molecular complexity index is 377. The molecule has 0 aliphatic carbocycles. The van der Waals surface area contributed by atoms with E-state index < -0.39 is 0 Å². The zero-order chi connectivity index (χ0) is 11.2. The molecule has 84 valence electrons. The molecular weight excluding hydrogens is 216 g/mol. The molecule has 0 spiro atoms. The minimum absolute atomic E-state index is 0.656. The Morgan fingerprint density at radius 3 is 2.88 bits per heavy atom. The lowest BCUT2D eigenvalue weighted by molar-refractivity contribution is 0.263. The van der Waals surface area contributed by atoms with E-state index in [2.05, 4.69) is 33.9 Å². The number of rotatable bonds is 3. The second-order valence-electron chi connectivity index (χ2n) is 4.11. The van der Waals surface area contributed by atoms with Crippen LogP contribution < -0.4 is 0 Å². The summed E-state index contributed by atoms with van der Waals surface area (Å²) >= 11 is 1.75. The number of piperidine rings is 1. The van der Waals surface area contributed by atoms with E-state index >= 15 is 0 Å². The molecule has 1 aliphatic rings. The standard InChI is InChI=1S/C13H16N2S/c14-5-1-6-15-7-2-12(3-8-15)10-13-4-9-16-11-13/h4,9-11H,1-3,6-8H2. The van der Waals surface area contributed by atoms with Crippen LogP contribution in [-0.2, 0) is 0 Å². The minimum atomic E-state index is 0.656. The van der Waals surface area contributed by atoms with E-state index in [-0.39, 0.29) is 0 Å². The second-order valence-corrected chi connectivity index (χ2v) is 4.89. The van der Waals surface area contributed by atoms with Gasteiger partial charge in [0.2, 0.25) is 0 Å². The normalized spacial score (nSPS) is 17.1. The first kappa shape index (κ1) is 11.4. The van der Waals surface area contributed by atoms with Gasteiger partial charge in [-0.15, -0.1) is 0 Å². The van der Waals surface area contributed by atoms with Gasteiger partial charge in [0.1, 0.15) is 0 Å². The van der Waals surface area contributed by atoms with Gasteiger partial charge in [-0.2, -0.15) is 16.6 Å². The van der Waals surface area contributed by atoms with Crippen LogP contribution >= 0.6 is 11.3 Å². The molecule has 0 atom stereocenters. The fourth-order valence-corrected chi connectivity index (χ4v) is 2.63. The summed E-state index contributed by atoms with van der Waals surface area (Å²) in [5.74, 6) is 0. The van der Waals surface area contributed by atoms with Crippen molar-refractivity contribution in [3.63, 3.8) is 0 Å². The van der Waals surface area contributed by atoms with Gasteiger partial charge >= 0.3 is 0 Å². The molecule has 16 heavy (non-hydrogen) atoms. The van der Waals surface area contributed by atoms with Gasteiger partial charge < -0.3 is 4.90 Å². The van der Waals surface area contributed by atoms with Gasteiger partial charge in [-0.1, -0.05) is 11.6 Å². The molecule has 0 radical (unpaired) electrons. The van der Waals surface area contributed by atoms with Crippen LogP contribution in [0.5, 0.6) is 0 Å². The van der Waals surface area contributed by atoms with Crippen LogP contribution in [0.2, 0.25) is 0 Å². The zero-order valence-electron chi connectivity index (χ0n) is 9.35. The van der Waals surface area contributed by atoms with Crippen LogP contribution in [0, 0.1) is 11.3 Å². The smallest absolute Gasteiger partial charge is 0.0635 e. The van der Waals surface area contributed by atoms with Crippen LogP contribution in [0.25, 0.3) is 6.08 Å². The average molecular weight is 232 g/mol. The second kappa shape index (κ2) is 5.83. The molecule has 0 unspecified atom stereocenters. The molecule has 2 rings (SSSR count). The van der Waals surface area contributed by atoms with E-state index in [0.29, 0.717) is 6.42 Å². The quantitative estimate of drug-likeness (QED) is 0.800. The van der Waals surface area contributed by atoms with E-state index in [0.717, 1.165) is 32.5 Å². The predicted octanol–water partition coefficient (Wildman–Crippen LogP) is 3.14. The monoisotopic (exact) mass is 232 g/mol. The van der Waals surface area contributed by atoms with Gasteiger partial charge in [0, 0.05) is 26.1 Å². The van der Waals surface area contributed by atoms with Gasteiger partial charge in [-0.3, -0.25) is 0 Å². The van der Waals surface area contributed by atoms with Gasteiger partial charge in [0.05, 0.1) is 6.07 Å². The zero-order valence-corrected chi connectivity index (χ0v) is 10.2. The molecule has 1 aromatic heterocycles. The van der Waals surface area contributed by atoms with Crippen LogP contribution in [-0.4, -0.2) is 24.5 Å². The van der Waals surface area contributed by atoms with Crippen LogP contribution in [0.4, 0.5) is 0 Å². The third kappa shape index (κ3) is 3.19. The molecule has 1 fully saturated rings. The molecular formula is C13H16N2S. The first-order chi connectivity index (χ1) is 7.88. The molecule has 1 aromatic rings. The first-order valence-corrected chi connectivity index (χ1v) is 6.64. The first-order valence-electron chi connectivity index (χ1n) is 5.69. The average Bonchev–Trinajstić information content (AvgIpc) is 2.81. The highest BCUT2D eigenvalue weighted by Gasteiger charge is 2.12. The van der Waals surface area contributed by atoms with Crippen LogP contribution in [0.3, 0.4) is 0 Å². The predicted molar refractivity (Wildman–Crippen MR) is 68.2 cm³/mol. The topological polar surface area (TPSA) is 27.0 Å². The Labute approximate surface area is 101 Å². The van der Waals surface area contributed by atoms with E-state index in [4.69, 9.17) is 5.26 Å². The van der Waals surface area contributed by atoms with Crippen molar-refractivity contribution in [2.45, 2.75) is 19.3 Å². The highest BCUT2D eigenvalue weighted by atomic mass is 32.1. The maximum absolute atomic E-state index is 8.53. The Balaban J connectivity index is 1.83. The minimum Gasteiger partial charge on any atom is -0.302 e.